The van der Waals surface area contributed by atoms with E-state index in [9.17, 15) is 9.59 Å². The van der Waals surface area contributed by atoms with E-state index in [1.165, 1.54) is 0 Å². The first-order valence-corrected chi connectivity index (χ1v) is 7.66. The van der Waals surface area contributed by atoms with Crippen molar-refractivity contribution >= 4 is 17.5 Å². The van der Waals surface area contributed by atoms with Gasteiger partial charge in [0.15, 0.2) is 0 Å². The number of nitrogens with one attached hydrogen (secondary N) is 2. The number of carbonyl (C=O) groups is 2. The minimum atomic E-state index is -0.155. The van der Waals surface area contributed by atoms with Crippen LogP contribution in [0.15, 0.2) is 36.9 Å². The molecular weight excluding hydrogens is 278 g/mol. The molecule has 4 N–H and O–H groups in total. The van der Waals surface area contributed by atoms with Gasteiger partial charge in [-0.2, -0.15) is 0 Å². The highest BCUT2D eigenvalue weighted by atomic mass is 16.2. The lowest BCUT2D eigenvalue weighted by Gasteiger charge is -2.07. The third kappa shape index (κ3) is 7.04. The number of benzene rings is 1. The fourth-order valence-corrected chi connectivity index (χ4v) is 1.98. The van der Waals surface area contributed by atoms with E-state index in [1.807, 2.05) is 0 Å². The summed E-state index contributed by atoms with van der Waals surface area (Å²) in [6, 6.07) is 6.84. The Bertz CT molecular complexity index is 483. The Hall–Kier alpha value is -2.14. The van der Waals surface area contributed by atoms with Crippen LogP contribution in [0.4, 0.5) is 5.69 Å². The molecule has 120 valence electrons. The Morgan fingerprint density at radius 2 is 1.77 bits per heavy atom. The van der Waals surface area contributed by atoms with Crippen LogP contribution >= 0.6 is 0 Å². The van der Waals surface area contributed by atoms with E-state index in [1.54, 1.807) is 30.3 Å². The van der Waals surface area contributed by atoms with Crippen molar-refractivity contribution in [1.82, 2.24) is 5.32 Å². The average molecular weight is 303 g/mol. The van der Waals surface area contributed by atoms with Crippen LogP contribution in [-0.4, -0.2) is 24.9 Å². The number of hydrogen-bond acceptors (Lipinski definition) is 3. The van der Waals surface area contributed by atoms with Crippen LogP contribution in [0.1, 0.15) is 42.5 Å². The molecule has 22 heavy (non-hydrogen) atoms. The van der Waals surface area contributed by atoms with Crippen LogP contribution < -0.4 is 16.4 Å². The normalized spacial score (nSPS) is 10.0. The van der Waals surface area contributed by atoms with Crippen molar-refractivity contribution in [2.24, 2.45) is 5.73 Å². The van der Waals surface area contributed by atoms with Gasteiger partial charge in [0, 0.05) is 24.2 Å². The maximum absolute atomic E-state index is 11.8. The number of nitrogens with two attached hydrogens (primary N) is 1. The molecular formula is C17H25N3O2. The number of anilines is 1. The highest BCUT2D eigenvalue weighted by Crippen LogP contribution is 2.11. The van der Waals surface area contributed by atoms with Gasteiger partial charge in [0.25, 0.3) is 5.91 Å². The van der Waals surface area contributed by atoms with Gasteiger partial charge in [-0.15, -0.1) is 6.58 Å². The second-order valence-corrected chi connectivity index (χ2v) is 5.08. The molecule has 5 nitrogen and oxygen atoms in total. The second kappa shape index (κ2) is 10.6. The Balaban J connectivity index is 2.35. The third-order valence-corrected chi connectivity index (χ3v) is 3.20. The van der Waals surface area contributed by atoms with Crippen LogP contribution in [0.3, 0.4) is 0 Å². The molecule has 2 amide bonds. The summed E-state index contributed by atoms with van der Waals surface area (Å²) < 4.78 is 0. The maximum atomic E-state index is 11.8. The zero-order chi connectivity index (χ0) is 16.2. The Morgan fingerprint density at radius 1 is 1.09 bits per heavy atom. The lowest BCUT2D eigenvalue weighted by Crippen LogP contribution is -2.23. The average Bonchev–Trinajstić information content (AvgIpc) is 2.53. The molecule has 0 heterocycles. The zero-order valence-corrected chi connectivity index (χ0v) is 12.9. The minimum absolute atomic E-state index is 0.00314. The molecule has 0 aliphatic rings. The van der Waals surface area contributed by atoms with Crippen molar-refractivity contribution < 1.29 is 9.59 Å². The molecule has 1 aromatic rings. The summed E-state index contributed by atoms with van der Waals surface area (Å²) in [4.78, 5) is 23.5. The zero-order valence-electron chi connectivity index (χ0n) is 12.9. The number of amides is 2. The summed E-state index contributed by atoms with van der Waals surface area (Å²) in [5.74, 6) is -0.158. The number of unbranched alkanes of at least 4 members (excludes halogenated alkanes) is 3. The van der Waals surface area contributed by atoms with Crippen LogP contribution in [0.5, 0.6) is 0 Å². The van der Waals surface area contributed by atoms with Crippen LogP contribution in [-0.2, 0) is 4.79 Å². The molecule has 0 unspecified atom stereocenters. The molecule has 0 aliphatic heterocycles. The van der Waals surface area contributed by atoms with E-state index < -0.39 is 0 Å². The number of hydrogen-bond donors (Lipinski definition) is 3. The molecule has 1 aromatic carbocycles. The second-order valence-electron chi connectivity index (χ2n) is 5.08. The maximum Gasteiger partial charge on any atom is 0.251 e. The molecule has 0 aliphatic carbocycles. The Kier molecular flexibility index (Phi) is 8.60. The molecule has 0 atom stereocenters. The van der Waals surface area contributed by atoms with Gasteiger partial charge in [-0.25, -0.2) is 0 Å². The molecule has 0 spiro atoms. The van der Waals surface area contributed by atoms with Crippen molar-refractivity contribution in [3.8, 4) is 0 Å². The summed E-state index contributed by atoms with van der Waals surface area (Å²) in [6.45, 7) is 4.68. The summed E-state index contributed by atoms with van der Waals surface area (Å²) in [5.41, 5.74) is 6.68. The molecule has 0 saturated carbocycles. The molecule has 0 radical (unpaired) electrons. The quantitative estimate of drug-likeness (QED) is 0.458. The summed E-state index contributed by atoms with van der Waals surface area (Å²) in [7, 11) is 0. The van der Waals surface area contributed by atoms with Gasteiger partial charge >= 0.3 is 0 Å². The van der Waals surface area contributed by atoms with E-state index in [0.29, 0.717) is 30.8 Å². The first-order valence-electron chi connectivity index (χ1n) is 7.66. The summed E-state index contributed by atoms with van der Waals surface area (Å²) in [6.07, 6.45) is 6.10. The predicted octanol–water partition coefficient (Wildman–Crippen LogP) is 2.45. The fourth-order valence-electron chi connectivity index (χ4n) is 1.98. The molecule has 0 saturated heterocycles. The highest BCUT2D eigenvalue weighted by Gasteiger charge is 2.05. The van der Waals surface area contributed by atoms with Gasteiger partial charge in [-0.05, 0) is 43.7 Å². The van der Waals surface area contributed by atoms with Crippen LogP contribution in [0, 0.1) is 0 Å². The predicted molar refractivity (Wildman–Crippen MR) is 89.7 cm³/mol. The highest BCUT2D eigenvalue weighted by molar-refractivity contribution is 5.95. The van der Waals surface area contributed by atoms with E-state index in [-0.39, 0.29) is 11.8 Å². The third-order valence-electron chi connectivity index (χ3n) is 3.20. The van der Waals surface area contributed by atoms with Crippen molar-refractivity contribution in [2.45, 2.75) is 32.1 Å². The Morgan fingerprint density at radius 3 is 2.41 bits per heavy atom. The number of rotatable bonds is 10. The fraction of sp³-hybridized carbons (Fsp3) is 0.412. The lowest BCUT2D eigenvalue weighted by atomic mass is 10.1. The van der Waals surface area contributed by atoms with Crippen LogP contribution in [0.2, 0.25) is 0 Å². The van der Waals surface area contributed by atoms with Crippen molar-refractivity contribution in [1.29, 1.82) is 0 Å². The first-order chi connectivity index (χ1) is 10.7. The lowest BCUT2D eigenvalue weighted by molar-refractivity contribution is -0.116. The SMILES string of the molecule is C=CCNC(=O)c1ccc(NC(=O)CCCCCCN)cc1. The summed E-state index contributed by atoms with van der Waals surface area (Å²) in [5, 5.41) is 5.53. The van der Waals surface area contributed by atoms with Gasteiger partial charge in [0.2, 0.25) is 5.91 Å². The first kappa shape index (κ1) is 17.9. The largest absolute Gasteiger partial charge is 0.349 e. The topological polar surface area (TPSA) is 84.2 Å². The molecule has 0 aromatic heterocycles. The van der Waals surface area contributed by atoms with E-state index in [4.69, 9.17) is 5.73 Å². The van der Waals surface area contributed by atoms with Crippen molar-refractivity contribution in [2.75, 3.05) is 18.4 Å². The van der Waals surface area contributed by atoms with Gasteiger partial charge in [0.1, 0.15) is 0 Å². The van der Waals surface area contributed by atoms with E-state index in [2.05, 4.69) is 17.2 Å². The van der Waals surface area contributed by atoms with Gasteiger partial charge in [-0.3, -0.25) is 9.59 Å². The standard InChI is InChI=1S/C17H25N3O2/c1-2-13-19-17(22)14-8-10-15(11-9-14)20-16(21)7-5-3-4-6-12-18/h2,8-11H,1,3-7,12-13,18H2,(H,19,22)(H,20,21). The molecule has 0 fully saturated rings. The van der Waals surface area contributed by atoms with E-state index in [0.717, 1.165) is 25.7 Å². The van der Waals surface area contributed by atoms with Gasteiger partial charge in [0.05, 0.1) is 0 Å². The molecule has 5 heteroatoms. The summed E-state index contributed by atoms with van der Waals surface area (Å²) >= 11 is 0. The van der Waals surface area contributed by atoms with Crippen molar-refractivity contribution in [3.05, 3.63) is 42.5 Å². The minimum Gasteiger partial charge on any atom is -0.349 e. The smallest absolute Gasteiger partial charge is 0.251 e. The monoisotopic (exact) mass is 303 g/mol. The van der Waals surface area contributed by atoms with Crippen molar-refractivity contribution in [3.63, 3.8) is 0 Å². The number of carbonyl (C=O) groups excluding carboxylic acids is 2. The van der Waals surface area contributed by atoms with E-state index >= 15 is 0 Å². The Labute approximate surface area is 132 Å². The van der Waals surface area contributed by atoms with Crippen LogP contribution in [0.25, 0.3) is 0 Å². The molecule has 0 bridgehead atoms. The van der Waals surface area contributed by atoms with Gasteiger partial charge in [-0.1, -0.05) is 18.9 Å². The van der Waals surface area contributed by atoms with Gasteiger partial charge < -0.3 is 16.4 Å². The molecule has 1 rings (SSSR count).